The summed E-state index contributed by atoms with van der Waals surface area (Å²) in [4.78, 5) is 35.2. The van der Waals surface area contributed by atoms with Crippen molar-refractivity contribution in [1.82, 2.24) is 0 Å². The molecule has 2 rings (SSSR count). The number of benzene rings is 2. The van der Waals surface area contributed by atoms with Gasteiger partial charge >= 0.3 is 5.97 Å². The zero-order valence-corrected chi connectivity index (χ0v) is 13.5. The molecule has 24 heavy (non-hydrogen) atoms. The molecule has 2 aromatic rings. The largest absolute Gasteiger partial charge is 0.455 e. The van der Waals surface area contributed by atoms with Crippen LogP contribution in [0.5, 0.6) is 0 Å². The van der Waals surface area contributed by atoms with E-state index in [4.69, 9.17) is 10.5 Å². The molecule has 6 nitrogen and oxygen atoms in total. The molecule has 124 valence electrons. The second kappa shape index (κ2) is 8.73. The highest BCUT2D eigenvalue weighted by Gasteiger charge is 2.09. The van der Waals surface area contributed by atoms with Crippen LogP contribution in [0.4, 0.5) is 5.69 Å². The normalized spacial score (nSPS) is 10.0. The summed E-state index contributed by atoms with van der Waals surface area (Å²) in [6, 6.07) is 15.5. The zero-order valence-electron chi connectivity index (χ0n) is 12.7. The van der Waals surface area contributed by atoms with Gasteiger partial charge in [-0.05, 0) is 36.4 Å². The van der Waals surface area contributed by atoms with Gasteiger partial charge in [0.15, 0.2) is 6.61 Å². The molecule has 0 aliphatic carbocycles. The van der Waals surface area contributed by atoms with E-state index in [-0.39, 0.29) is 12.4 Å². The summed E-state index contributed by atoms with van der Waals surface area (Å²) in [6.07, 6.45) is 0. The lowest BCUT2D eigenvalue weighted by atomic mass is 10.2. The summed E-state index contributed by atoms with van der Waals surface area (Å²) in [5, 5.41) is 2.56. The van der Waals surface area contributed by atoms with E-state index in [0.29, 0.717) is 11.3 Å². The predicted octanol–water partition coefficient (Wildman–Crippen LogP) is 2.06. The van der Waals surface area contributed by atoms with Crippen LogP contribution in [-0.2, 0) is 14.3 Å². The Morgan fingerprint density at radius 1 is 1.00 bits per heavy atom. The van der Waals surface area contributed by atoms with Crippen LogP contribution in [0, 0.1) is 0 Å². The van der Waals surface area contributed by atoms with Crippen molar-refractivity contribution < 1.29 is 19.1 Å². The Morgan fingerprint density at radius 3 is 2.29 bits per heavy atom. The second-order valence-corrected chi connectivity index (χ2v) is 5.80. The molecule has 0 heterocycles. The number of rotatable bonds is 7. The maximum Gasteiger partial charge on any atom is 0.316 e. The number of amides is 2. The van der Waals surface area contributed by atoms with Crippen LogP contribution in [-0.4, -0.2) is 30.1 Å². The summed E-state index contributed by atoms with van der Waals surface area (Å²) >= 11 is 1.34. The van der Waals surface area contributed by atoms with Crippen molar-refractivity contribution in [2.75, 3.05) is 17.7 Å². The number of thioether (sulfide) groups is 1. The third-order valence-corrected chi connectivity index (χ3v) is 3.90. The Labute approximate surface area is 143 Å². The van der Waals surface area contributed by atoms with Crippen molar-refractivity contribution in [3.05, 3.63) is 60.2 Å². The quantitative estimate of drug-likeness (QED) is 0.592. The molecular weight excluding hydrogens is 328 g/mol. The molecule has 2 aromatic carbocycles. The van der Waals surface area contributed by atoms with Crippen LogP contribution in [0.25, 0.3) is 0 Å². The van der Waals surface area contributed by atoms with Crippen LogP contribution in [0.1, 0.15) is 10.4 Å². The number of hydrogen-bond donors (Lipinski definition) is 2. The Hall–Kier alpha value is -2.80. The Morgan fingerprint density at radius 2 is 1.67 bits per heavy atom. The lowest BCUT2D eigenvalue weighted by Crippen LogP contribution is -2.21. The number of esters is 1. The van der Waals surface area contributed by atoms with Crippen molar-refractivity contribution >= 4 is 35.2 Å². The number of nitrogens with two attached hydrogens (primary N) is 1. The molecule has 0 saturated carbocycles. The third-order valence-electron chi connectivity index (χ3n) is 2.92. The van der Waals surface area contributed by atoms with Crippen LogP contribution < -0.4 is 11.1 Å². The number of carbonyl (C=O) groups is 3. The summed E-state index contributed by atoms with van der Waals surface area (Å²) < 4.78 is 4.91. The van der Waals surface area contributed by atoms with Gasteiger partial charge in [-0.15, -0.1) is 11.8 Å². The van der Waals surface area contributed by atoms with E-state index in [1.165, 1.54) is 23.9 Å². The Bertz CT molecular complexity index is 717. The smallest absolute Gasteiger partial charge is 0.316 e. The molecular formula is C17H16N2O4S. The summed E-state index contributed by atoms with van der Waals surface area (Å²) in [7, 11) is 0. The van der Waals surface area contributed by atoms with Gasteiger partial charge in [-0.3, -0.25) is 14.4 Å². The molecule has 0 aliphatic heterocycles. The van der Waals surface area contributed by atoms with Crippen molar-refractivity contribution in [1.29, 1.82) is 0 Å². The maximum absolute atomic E-state index is 11.7. The highest BCUT2D eigenvalue weighted by molar-refractivity contribution is 8.00. The molecule has 0 aliphatic rings. The first kappa shape index (κ1) is 17.6. The van der Waals surface area contributed by atoms with E-state index < -0.39 is 17.8 Å². The first-order chi connectivity index (χ1) is 11.5. The zero-order chi connectivity index (χ0) is 17.4. The van der Waals surface area contributed by atoms with Gasteiger partial charge in [0.1, 0.15) is 0 Å². The summed E-state index contributed by atoms with van der Waals surface area (Å²) in [5.41, 5.74) is 5.96. The lowest BCUT2D eigenvalue weighted by molar-refractivity contribution is -0.144. The number of nitrogens with one attached hydrogen (secondary N) is 1. The van der Waals surface area contributed by atoms with Gasteiger partial charge in [-0.25, -0.2) is 0 Å². The SMILES string of the molecule is NC(=O)c1ccc(NC(=O)COC(=O)CSc2ccccc2)cc1. The van der Waals surface area contributed by atoms with Gasteiger partial charge in [0, 0.05) is 16.1 Å². The number of carbonyl (C=O) groups excluding carboxylic acids is 3. The van der Waals surface area contributed by atoms with Gasteiger partial charge in [-0.1, -0.05) is 18.2 Å². The minimum Gasteiger partial charge on any atom is -0.455 e. The van der Waals surface area contributed by atoms with E-state index in [0.717, 1.165) is 4.90 Å². The van der Waals surface area contributed by atoms with Crippen molar-refractivity contribution in [2.24, 2.45) is 5.73 Å². The van der Waals surface area contributed by atoms with Gasteiger partial charge in [0.25, 0.3) is 5.91 Å². The van der Waals surface area contributed by atoms with Crippen molar-refractivity contribution in [3.63, 3.8) is 0 Å². The summed E-state index contributed by atoms with van der Waals surface area (Å²) in [6.45, 7) is -0.369. The molecule has 0 bridgehead atoms. The minimum absolute atomic E-state index is 0.130. The molecule has 0 radical (unpaired) electrons. The second-order valence-electron chi connectivity index (χ2n) is 4.75. The fourth-order valence-electron chi connectivity index (χ4n) is 1.76. The molecule has 0 aromatic heterocycles. The Balaban J connectivity index is 1.72. The van der Waals surface area contributed by atoms with E-state index in [9.17, 15) is 14.4 Å². The topological polar surface area (TPSA) is 98.5 Å². The standard InChI is InChI=1S/C17H16N2O4S/c18-17(22)12-6-8-13(9-7-12)19-15(20)10-23-16(21)11-24-14-4-2-1-3-5-14/h1-9H,10-11H2,(H2,18,22)(H,19,20). The summed E-state index contributed by atoms with van der Waals surface area (Å²) in [5.74, 6) is -1.34. The fraction of sp³-hybridized carbons (Fsp3) is 0.118. The van der Waals surface area contributed by atoms with Crippen LogP contribution in [0.3, 0.4) is 0 Å². The molecule has 7 heteroatoms. The molecule has 0 unspecified atom stereocenters. The van der Waals surface area contributed by atoms with E-state index in [1.807, 2.05) is 30.3 Å². The number of anilines is 1. The van der Waals surface area contributed by atoms with Gasteiger partial charge in [0.2, 0.25) is 5.91 Å². The van der Waals surface area contributed by atoms with E-state index >= 15 is 0 Å². The van der Waals surface area contributed by atoms with Crippen LogP contribution >= 0.6 is 11.8 Å². The first-order valence-corrected chi connectivity index (χ1v) is 8.06. The monoisotopic (exact) mass is 344 g/mol. The average molecular weight is 344 g/mol. The highest BCUT2D eigenvalue weighted by Crippen LogP contribution is 2.16. The van der Waals surface area contributed by atoms with Gasteiger partial charge < -0.3 is 15.8 Å². The fourth-order valence-corrected chi connectivity index (χ4v) is 2.48. The Kier molecular flexibility index (Phi) is 6.39. The van der Waals surface area contributed by atoms with E-state index in [1.54, 1.807) is 12.1 Å². The van der Waals surface area contributed by atoms with E-state index in [2.05, 4.69) is 5.32 Å². The van der Waals surface area contributed by atoms with Gasteiger partial charge in [0.05, 0.1) is 5.75 Å². The van der Waals surface area contributed by atoms with Gasteiger partial charge in [-0.2, -0.15) is 0 Å². The van der Waals surface area contributed by atoms with Crippen LogP contribution in [0.15, 0.2) is 59.5 Å². The van der Waals surface area contributed by atoms with Crippen LogP contribution in [0.2, 0.25) is 0 Å². The number of ether oxygens (including phenoxy) is 1. The van der Waals surface area contributed by atoms with Crippen molar-refractivity contribution in [3.8, 4) is 0 Å². The lowest BCUT2D eigenvalue weighted by Gasteiger charge is -2.07. The molecule has 0 saturated heterocycles. The first-order valence-electron chi connectivity index (χ1n) is 7.08. The molecule has 3 N–H and O–H groups in total. The molecule has 0 spiro atoms. The number of primary amides is 1. The van der Waals surface area contributed by atoms with Crippen molar-refractivity contribution in [2.45, 2.75) is 4.90 Å². The average Bonchev–Trinajstić information content (AvgIpc) is 2.59. The maximum atomic E-state index is 11.7. The molecule has 0 atom stereocenters. The highest BCUT2D eigenvalue weighted by atomic mass is 32.2. The molecule has 2 amide bonds. The third kappa shape index (κ3) is 5.77. The predicted molar refractivity (Wildman–Crippen MR) is 91.7 cm³/mol. The minimum atomic E-state index is -0.544. The number of hydrogen-bond acceptors (Lipinski definition) is 5. The molecule has 0 fully saturated rings.